The summed E-state index contributed by atoms with van der Waals surface area (Å²) in [6, 6.07) is 6.34. The molecule has 0 unspecified atom stereocenters. The van der Waals surface area contributed by atoms with E-state index in [1.165, 1.54) is 16.8 Å². The highest BCUT2D eigenvalue weighted by Crippen LogP contribution is 2.22. The van der Waals surface area contributed by atoms with Crippen LogP contribution in [0.2, 0.25) is 0 Å². The molecule has 190 valence electrons. The van der Waals surface area contributed by atoms with Crippen LogP contribution in [0.5, 0.6) is 0 Å². The first kappa shape index (κ1) is 31.4. The molecule has 3 aromatic rings. The molecular formula is C29H49N5. The predicted molar refractivity (Wildman–Crippen MR) is 147 cm³/mol. The fraction of sp³-hybridized carbons (Fsp3) is 0.586. The number of pyridine rings is 1. The van der Waals surface area contributed by atoms with E-state index in [2.05, 4.69) is 101 Å². The first-order chi connectivity index (χ1) is 14.9. The summed E-state index contributed by atoms with van der Waals surface area (Å²) >= 11 is 0. The quantitative estimate of drug-likeness (QED) is 0.345. The van der Waals surface area contributed by atoms with E-state index >= 15 is 0 Å². The molecule has 0 spiro atoms. The van der Waals surface area contributed by atoms with Gasteiger partial charge in [0.05, 0.1) is 5.69 Å². The average molecular weight is 468 g/mol. The Hall–Kier alpha value is -2.56. The van der Waals surface area contributed by atoms with Gasteiger partial charge in [0, 0.05) is 42.4 Å². The van der Waals surface area contributed by atoms with Gasteiger partial charge in [0.2, 0.25) is 0 Å². The summed E-state index contributed by atoms with van der Waals surface area (Å²) in [5.74, 6) is 0.831. The Balaban J connectivity index is 0.000000473. The Morgan fingerprint density at radius 3 is 1.38 bits per heavy atom. The highest BCUT2D eigenvalue weighted by atomic mass is 15.3. The van der Waals surface area contributed by atoms with Crippen LogP contribution in [0.25, 0.3) is 0 Å². The zero-order valence-corrected chi connectivity index (χ0v) is 23.2. The summed E-state index contributed by atoms with van der Waals surface area (Å²) in [6.45, 7) is 25.6. The van der Waals surface area contributed by atoms with Crippen molar-refractivity contribution in [3.05, 3.63) is 70.8 Å². The van der Waals surface area contributed by atoms with Gasteiger partial charge < -0.3 is 0 Å². The van der Waals surface area contributed by atoms with Gasteiger partial charge in [0.25, 0.3) is 0 Å². The van der Waals surface area contributed by atoms with Gasteiger partial charge in [-0.3, -0.25) is 9.67 Å². The smallest absolute Gasteiger partial charge is 0.125 e. The van der Waals surface area contributed by atoms with Gasteiger partial charge in [-0.25, -0.2) is 9.97 Å². The average Bonchev–Trinajstić information content (AvgIpc) is 3.01. The van der Waals surface area contributed by atoms with Crippen LogP contribution in [-0.2, 0) is 23.3 Å². The lowest BCUT2D eigenvalue weighted by atomic mass is 9.88. The Bertz CT molecular complexity index is 922. The van der Waals surface area contributed by atoms with Crippen LogP contribution >= 0.6 is 0 Å². The Morgan fingerprint density at radius 2 is 1.09 bits per heavy atom. The molecule has 0 amide bonds. The van der Waals surface area contributed by atoms with E-state index in [-0.39, 0.29) is 23.7 Å². The minimum Gasteiger partial charge on any atom is -0.272 e. The van der Waals surface area contributed by atoms with Crippen molar-refractivity contribution in [1.29, 1.82) is 0 Å². The second-order valence-electron chi connectivity index (χ2n) is 11.8. The zero-order valence-electron chi connectivity index (χ0n) is 23.2. The fourth-order valence-electron chi connectivity index (χ4n) is 3.00. The molecule has 0 atom stereocenters. The van der Waals surface area contributed by atoms with E-state index in [1.807, 2.05) is 51.1 Å². The lowest BCUT2D eigenvalue weighted by molar-refractivity contribution is 0.522. The first-order valence-corrected chi connectivity index (χ1v) is 11.6. The van der Waals surface area contributed by atoms with Crippen molar-refractivity contribution in [2.75, 3.05) is 0 Å². The summed E-state index contributed by atoms with van der Waals surface area (Å²) in [5.41, 5.74) is 6.53. The minimum atomic E-state index is 0. The largest absolute Gasteiger partial charge is 0.272 e. The summed E-state index contributed by atoms with van der Waals surface area (Å²) in [5, 5.41) is 4.29. The van der Waals surface area contributed by atoms with Gasteiger partial charge in [0.1, 0.15) is 5.82 Å². The molecule has 0 aliphatic heterocycles. The Morgan fingerprint density at radius 1 is 0.618 bits per heavy atom. The number of aromatic nitrogens is 5. The van der Waals surface area contributed by atoms with Crippen molar-refractivity contribution in [2.24, 2.45) is 7.05 Å². The molecule has 0 fully saturated rings. The number of rotatable bonds is 0. The van der Waals surface area contributed by atoms with Crippen molar-refractivity contribution >= 4 is 0 Å². The summed E-state index contributed by atoms with van der Waals surface area (Å²) < 4.78 is 1.95. The standard InChI is InChI=1S/C10H15N.C9H14N2.C9H16N2.CH4/c1-8-5-6-9(7-11-8)10(2,3)4;1-7-10-5-8(6-11-7)9(2,3)4;1-7-6-8(9(2,3)4)11(5)10-7;/h5-7H,1-4H3;5-6H,1-4H3;6H,1-5H3;1H4. The molecule has 0 N–H and O–H groups in total. The lowest BCUT2D eigenvalue weighted by Gasteiger charge is -2.17. The number of nitrogens with zero attached hydrogens (tertiary/aromatic N) is 5. The molecule has 0 bridgehead atoms. The maximum absolute atomic E-state index is 4.29. The van der Waals surface area contributed by atoms with E-state index in [0.717, 1.165) is 17.2 Å². The van der Waals surface area contributed by atoms with E-state index < -0.39 is 0 Å². The third-order valence-corrected chi connectivity index (χ3v) is 5.19. The normalized spacial score (nSPS) is 11.4. The fourth-order valence-corrected chi connectivity index (χ4v) is 3.00. The van der Waals surface area contributed by atoms with Gasteiger partial charge in [-0.1, -0.05) is 75.8 Å². The van der Waals surface area contributed by atoms with Crippen LogP contribution in [0.4, 0.5) is 0 Å². The number of aryl methyl sites for hydroxylation is 4. The molecule has 0 aliphatic rings. The Kier molecular flexibility index (Phi) is 11.3. The molecule has 3 aromatic heterocycles. The van der Waals surface area contributed by atoms with E-state index in [0.29, 0.717) is 0 Å². The summed E-state index contributed by atoms with van der Waals surface area (Å²) in [4.78, 5) is 12.5. The van der Waals surface area contributed by atoms with Crippen molar-refractivity contribution in [2.45, 2.75) is 107 Å². The van der Waals surface area contributed by atoms with Crippen LogP contribution in [0.15, 0.2) is 36.8 Å². The van der Waals surface area contributed by atoms with Crippen LogP contribution in [-0.4, -0.2) is 24.7 Å². The molecule has 3 rings (SSSR count). The number of hydrogen-bond acceptors (Lipinski definition) is 4. The molecule has 0 aliphatic carbocycles. The van der Waals surface area contributed by atoms with Crippen molar-refractivity contribution < 1.29 is 0 Å². The van der Waals surface area contributed by atoms with Gasteiger partial charge in [-0.2, -0.15) is 5.10 Å². The van der Waals surface area contributed by atoms with E-state index in [9.17, 15) is 0 Å². The monoisotopic (exact) mass is 467 g/mol. The molecular weight excluding hydrogens is 418 g/mol. The van der Waals surface area contributed by atoms with Gasteiger partial charge in [0.15, 0.2) is 0 Å². The molecule has 5 nitrogen and oxygen atoms in total. The van der Waals surface area contributed by atoms with E-state index in [1.54, 1.807) is 0 Å². The second kappa shape index (κ2) is 12.2. The van der Waals surface area contributed by atoms with Crippen LogP contribution in [0, 0.1) is 20.8 Å². The Labute approximate surface area is 209 Å². The van der Waals surface area contributed by atoms with Crippen molar-refractivity contribution in [3.8, 4) is 0 Å². The molecule has 5 heteroatoms. The number of hydrogen-bond donors (Lipinski definition) is 0. The topological polar surface area (TPSA) is 56.5 Å². The molecule has 0 aromatic carbocycles. The third kappa shape index (κ3) is 10.6. The lowest BCUT2D eigenvalue weighted by Crippen LogP contribution is -2.16. The summed E-state index contributed by atoms with van der Waals surface area (Å²) in [6.07, 6.45) is 5.74. The van der Waals surface area contributed by atoms with Crippen LogP contribution in [0.1, 0.15) is 104 Å². The molecule has 34 heavy (non-hydrogen) atoms. The van der Waals surface area contributed by atoms with Gasteiger partial charge in [-0.05, 0) is 54.9 Å². The van der Waals surface area contributed by atoms with Gasteiger partial charge in [-0.15, -0.1) is 0 Å². The van der Waals surface area contributed by atoms with Crippen molar-refractivity contribution in [1.82, 2.24) is 24.7 Å². The maximum atomic E-state index is 4.29. The molecule has 0 saturated carbocycles. The van der Waals surface area contributed by atoms with Crippen LogP contribution < -0.4 is 0 Å². The minimum absolute atomic E-state index is 0. The second-order valence-corrected chi connectivity index (χ2v) is 11.8. The SMILES string of the molecule is C.Cc1cc(C(C)(C)C)n(C)n1.Cc1ccc(C(C)(C)C)cn1.Cc1ncc(C(C)(C)C)cn1. The zero-order chi connectivity index (χ0) is 25.6. The highest BCUT2D eigenvalue weighted by Gasteiger charge is 2.18. The maximum Gasteiger partial charge on any atom is 0.125 e. The molecule has 0 saturated heterocycles. The highest BCUT2D eigenvalue weighted by molar-refractivity contribution is 5.20. The predicted octanol–water partition coefficient (Wildman–Crippen LogP) is 7.43. The van der Waals surface area contributed by atoms with Crippen LogP contribution in [0.3, 0.4) is 0 Å². The first-order valence-electron chi connectivity index (χ1n) is 11.6. The third-order valence-electron chi connectivity index (χ3n) is 5.19. The van der Waals surface area contributed by atoms with Gasteiger partial charge >= 0.3 is 0 Å². The summed E-state index contributed by atoms with van der Waals surface area (Å²) in [7, 11) is 1.99. The molecule has 0 radical (unpaired) electrons. The molecule has 3 heterocycles. The van der Waals surface area contributed by atoms with Crippen molar-refractivity contribution in [3.63, 3.8) is 0 Å². The van der Waals surface area contributed by atoms with E-state index in [4.69, 9.17) is 0 Å².